The Morgan fingerprint density at radius 3 is 2.69 bits per heavy atom. The van der Waals surface area contributed by atoms with Crippen molar-refractivity contribution in [3.63, 3.8) is 0 Å². The van der Waals surface area contributed by atoms with Gasteiger partial charge in [0.2, 0.25) is 0 Å². The zero-order valence-corrected chi connectivity index (χ0v) is 22.5. The van der Waals surface area contributed by atoms with Crippen molar-refractivity contribution in [2.75, 3.05) is 13.1 Å². The van der Waals surface area contributed by atoms with E-state index in [1.807, 2.05) is 43.0 Å². The van der Waals surface area contributed by atoms with Crippen LogP contribution in [0.2, 0.25) is 0 Å². The summed E-state index contributed by atoms with van der Waals surface area (Å²) in [6.45, 7) is 11.4. The Morgan fingerprint density at radius 2 is 1.94 bits per heavy atom. The predicted molar refractivity (Wildman–Crippen MR) is 143 cm³/mol. The van der Waals surface area contributed by atoms with Crippen molar-refractivity contribution in [1.82, 2.24) is 20.2 Å². The fourth-order valence-electron chi connectivity index (χ4n) is 5.45. The number of carbonyl (C=O) groups excluding carboxylic acids is 2. The van der Waals surface area contributed by atoms with Gasteiger partial charge in [-0.2, -0.15) is 0 Å². The standard InChI is InChI=1S/C29H34N4O2S/c1-16(2)9-23-12-21(11-18(4)31-23)28(34)30-14-25-24-13-22(24)15-33(25)29(35)26-27(36-19(5)32-26)20-8-6-7-17(3)10-20/h6-8,10-12,16,22,24-25H,9,13-15H2,1-5H3,(H,30,34)/t22-,24?,25-/m1/s1. The Morgan fingerprint density at radius 1 is 1.14 bits per heavy atom. The van der Waals surface area contributed by atoms with E-state index in [-0.39, 0.29) is 17.9 Å². The highest BCUT2D eigenvalue weighted by Crippen LogP contribution is 2.50. The number of pyridine rings is 1. The largest absolute Gasteiger partial charge is 0.350 e. The van der Waals surface area contributed by atoms with E-state index in [4.69, 9.17) is 0 Å². The Labute approximate surface area is 217 Å². The first-order chi connectivity index (χ1) is 17.2. The Hall–Kier alpha value is -3.06. The molecule has 1 aromatic carbocycles. The molecule has 0 radical (unpaired) electrons. The van der Waals surface area contributed by atoms with Gasteiger partial charge < -0.3 is 10.2 Å². The molecule has 188 valence electrons. The predicted octanol–water partition coefficient (Wildman–Crippen LogP) is 5.22. The molecule has 2 aliphatic rings. The van der Waals surface area contributed by atoms with Crippen LogP contribution in [0.4, 0.5) is 0 Å². The van der Waals surface area contributed by atoms with E-state index < -0.39 is 0 Å². The second-order valence-corrected chi connectivity index (χ2v) is 12.0. The molecule has 0 bridgehead atoms. The highest BCUT2D eigenvalue weighted by Gasteiger charge is 2.54. The van der Waals surface area contributed by atoms with E-state index in [9.17, 15) is 9.59 Å². The maximum Gasteiger partial charge on any atom is 0.274 e. The molecule has 1 aliphatic carbocycles. The number of hydrogen-bond acceptors (Lipinski definition) is 5. The smallest absolute Gasteiger partial charge is 0.274 e. The molecule has 2 amide bonds. The van der Waals surface area contributed by atoms with Crippen LogP contribution in [-0.4, -0.2) is 45.8 Å². The molecule has 1 aliphatic heterocycles. The number of thiazole rings is 1. The number of nitrogens with one attached hydrogen (secondary N) is 1. The molecular formula is C29H34N4O2S. The number of aryl methyl sites for hydroxylation is 3. The summed E-state index contributed by atoms with van der Waals surface area (Å²) < 4.78 is 0. The van der Waals surface area contributed by atoms with Gasteiger partial charge in [0.1, 0.15) is 5.69 Å². The first-order valence-electron chi connectivity index (χ1n) is 12.8. The Bertz CT molecular complexity index is 1310. The molecule has 3 aromatic rings. The lowest BCUT2D eigenvalue weighted by molar-refractivity contribution is 0.0690. The molecule has 36 heavy (non-hydrogen) atoms. The second-order valence-electron chi connectivity index (χ2n) is 10.8. The van der Waals surface area contributed by atoms with Crippen molar-refractivity contribution in [2.24, 2.45) is 17.8 Å². The van der Waals surface area contributed by atoms with Crippen molar-refractivity contribution in [3.05, 3.63) is 69.6 Å². The van der Waals surface area contributed by atoms with Crippen molar-refractivity contribution in [2.45, 2.75) is 53.5 Å². The number of amides is 2. The van der Waals surface area contributed by atoms with Gasteiger partial charge in [-0.1, -0.05) is 43.7 Å². The van der Waals surface area contributed by atoms with Gasteiger partial charge in [-0.25, -0.2) is 4.98 Å². The highest BCUT2D eigenvalue weighted by atomic mass is 32.1. The van der Waals surface area contributed by atoms with Crippen LogP contribution in [0.5, 0.6) is 0 Å². The molecule has 2 aromatic heterocycles. The zero-order chi connectivity index (χ0) is 25.6. The lowest BCUT2D eigenvalue weighted by Crippen LogP contribution is -2.45. The Kier molecular flexibility index (Phi) is 6.68. The molecule has 1 saturated heterocycles. The molecular weight excluding hydrogens is 468 g/mol. The van der Waals surface area contributed by atoms with Crippen LogP contribution in [0.25, 0.3) is 10.4 Å². The average molecular weight is 503 g/mol. The van der Waals surface area contributed by atoms with E-state index in [0.717, 1.165) is 51.8 Å². The summed E-state index contributed by atoms with van der Waals surface area (Å²) in [6, 6.07) is 12.0. The summed E-state index contributed by atoms with van der Waals surface area (Å²) in [6.07, 6.45) is 1.96. The van der Waals surface area contributed by atoms with Gasteiger partial charge in [-0.05, 0) is 69.1 Å². The fourth-order valence-corrected chi connectivity index (χ4v) is 6.35. The SMILES string of the molecule is Cc1cccc(-c2sc(C)nc2C(=O)N2C[C@H]3CC3[C@H]2CNC(=O)c2cc(C)nc(CC(C)C)c2)c1. The number of piperidine rings is 1. The Balaban J connectivity index is 1.33. The fraction of sp³-hybridized carbons (Fsp3) is 0.448. The molecule has 1 unspecified atom stereocenters. The summed E-state index contributed by atoms with van der Waals surface area (Å²) in [5.41, 5.74) is 5.15. The van der Waals surface area contributed by atoms with Crippen LogP contribution < -0.4 is 5.32 Å². The normalized spacial score (nSPS) is 20.5. The van der Waals surface area contributed by atoms with Crippen LogP contribution >= 0.6 is 11.3 Å². The van der Waals surface area contributed by atoms with Crippen LogP contribution in [0, 0.1) is 38.5 Å². The summed E-state index contributed by atoms with van der Waals surface area (Å²) in [4.78, 5) is 39.0. The average Bonchev–Trinajstić information content (AvgIpc) is 3.32. The maximum atomic E-state index is 13.8. The summed E-state index contributed by atoms with van der Waals surface area (Å²) in [7, 11) is 0. The van der Waals surface area contributed by atoms with Crippen LogP contribution in [-0.2, 0) is 6.42 Å². The van der Waals surface area contributed by atoms with Gasteiger partial charge in [-0.15, -0.1) is 11.3 Å². The minimum Gasteiger partial charge on any atom is -0.350 e. The molecule has 5 rings (SSSR count). The van der Waals surface area contributed by atoms with Gasteiger partial charge in [0.25, 0.3) is 11.8 Å². The first-order valence-corrected chi connectivity index (χ1v) is 13.6. The number of rotatable bonds is 7. The molecule has 3 heterocycles. The molecule has 6 nitrogen and oxygen atoms in total. The van der Waals surface area contributed by atoms with E-state index in [0.29, 0.717) is 35.6 Å². The number of benzene rings is 1. The van der Waals surface area contributed by atoms with Crippen LogP contribution in [0.3, 0.4) is 0 Å². The molecule has 7 heteroatoms. The van der Waals surface area contributed by atoms with Crippen molar-refractivity contribution in [1.29, 1.82) is 0 Å². The molecule has 2 fully saturated rings. The molecule has 0 spiro atoms. The minimum atomic E-state index is -0.105. The maximum absolute atomic E-state index is 13.8. The molecule has 1 N–H and O–H groups in total. The molecule has 3 atom stereocenters. The van der Waals surface area contributed by atoms with Gasteiger partial charge >= 0.3 is 0 Å². The quantitative estimate of drug-likeness (QED) is 0.481. The number of nitrogens with zero attached hydrogens (tertiary/aromatic N) is 3. The number of likely N-dealkylation sites (tertiary alicyclic amines) is 1. The van der Waals surface area contributed by atoms with Gasteiger partial charge in [0.15, 0.2) is 0 Å². The van der Waals surface area contributed by atoms with Gasteiger partial charge in [0, 0.05) is 30.0 Å². The zero-order valence-electron chi connectivity index (χ0n) is 21.7. The lowest BCUT2D eigenvalue weighted by atomic mass is 10.0. The first kappa shape index (κ1) is 24.6. The van der Waals surface area contributed by atoms with E-state index in [1.54, 1.807) is 11.3 Å². The van der Waals surface area contributed by atoms with E-state index in [1.165, 1.54) is 0 Å². The van der Waals surface area contributed by atoms with Crippen LogP contribution in [0.1, 0.15) is 63.1 Å². The van der Waals surface area contributed by atoms with Gasteiger partial charge in [-0.3, -0.25) is 14.6 Å². The van der Waals surface area contributed by atoms with Crippen LogP contribution in [0.15, 0.2) is 36.4 Å². The number of hydrogen-bond donors (Lipinski definition) is 1. The van der Waals surface area contributed by atoms with Crippen molar-refractivity contribution in [3.8, 4) is 10.4 Å². The molecule has 1 saturated carbocycles. The third kappa shape index (κ3) is 5.07. The van der Waals surface area contributed by atoms with E-state index in [2.05, 4.69) is 48.2 Å². The third-order valence-corrected chi connectivity index (χ3v) is 8.16. The topological polar surface area (TPSA) is 75.2 Å². The third-order valence-electron chi connectivity index (χ3n) is 7.14. The van der Waals surface area contributed by atoms with Crippen molar-refractivity contribution < 1.29 is 9.59 Å². The van der Waals surface area contributed by atoms with Crippen molar-refractivity contribution >= 4 is 23.2 Å². The number of fused-ring (bicyclic) bond motifs is 1. The lowest BCUT2D eigenvalue weighted by Gasteiger charge is -2.27. The number of carbonyl (C=O) groups is 2. The second kappa shape index (κ2) is 9.77. The van der Waals surface area contributed by atoms with Gasteiger partial charge in [0.05, 0.1) is 15.9 Å². The van der Waals surface area contributed by atoms with E-state index >= 15 is 0 Å². The minimum absolute atomic E-state index is 0.00288. The summed E-state index contributed by atoms with van der Waals surface area (Å²) in [5.74, 6) is 1.32. The summed E-state index contributed by atoms with van der Waals surface area (Å²) in [5, 5.41) is 4.01. The monoisotopic (exact) mass is 502 g/mol. The summed E-state index contributed by atoms with van der Waals surface area (Å²) >= 11 is 1.56. The number of aromatic nitrogens is 2. The highest BCUT2D eigenvalue weighted by molar-refractivity contribution is 7.15.